The fourth-order valence-electron chi connectivity index (χ4n) is 1.27. The third kappa shape index (κ3) is 0.626. The van der Waals surface area contributed by atoms with Gasteiger partial charge in [0.25, 0.3) is 0 Å². The predicted molar refractivity (Wildman–Crippen MR) is 44.6 cm³/mol. The van der Waals surface area contributed by atoms with Crippen LogP contribution < -0.4 is 11.5 Å². The van der Waals surface area contributed by atoms with Crippen LogP contribution in [0.4, 0.5) is 0 Å². The number of fused-ring (bicyclic) bond motifs is 1. The van der Waals surface area contributed by atoms with Crippen molar-refractivity contribution in [2.24, 2.45) is 11.5 Å². The zero-order valence-corrected chi connectivity index (χ0v) is 6.34. The third-order valence-corrected chi connectivity index (χ3v) is 3.62. The molecule has 0 bridgehead atoms. The van der Waals surface area contributed by atoms with Crippen LogP contribution in [0, 0.1) is 0 Å². The molecule has 4 N–H and O–H groups in total. The number of hydrogen-bond acceptors (Lipinski definition) is 3. The van der Waals surface area contributed by atoms with E-state index in [0.717, 1.165) is 0 Å². The molecule has 1 heterocycles. The molecule has 2 nitrogen and oxygen atoms in total. The first-order valence-corrected chi connectivity index (χ1v) is 4.24. The molecule has 2 aliphatic rings. The van der Waals surface area contributed by atoms with Gasteiger partial charge < -0.3 is 11.5 Å². The maximum absolute atomic E-state index is 5.97. The summed E-state index contributed by atoms with van der Waals surface area (Å²) < 4.78 is 0. The molecule has 2 rings (SSSR count). The summed E-state index contributed by atoms with van der Waals surface area (Å²) in [5, 5.41) is 0.492. The van der Waals surface area contributed by atoms with E-state index in [9.17, 15) is 0 Å². The lowest BCUT2D eigenvalue weighted by atomic mass is 9.90. The van der Waals surface area contributed by atoms with E-state index in [1.165, 1.54) is 0 Å². The van der Waals surface area contributed by atoms with Gasteiger partial charge in [-0.1, -0.05) is 24.3 Å². The van der Waals surface area contributed by atoms with Crippen molar-refractivity contribution in [1.29, 1.82) is 0 Å². The molecule has 1 aliphatic carbocycles. The summed E-state index contributed by atoms with van der Waals surface area (Å²) in [7, 11) is 0. The van der Waals surface area contributed by atoms with Gasteiger partial charge in [0.05, 0.1) is 10.9 Å². The van der Waals surface area contributed by atoms with E-state index in [1.807, 2.05) is 18.2 Å². The van der Waals surface area contributed by atoms with E-state index in [0.29, 0.717) is 5.25 Å². The molecular formula is C7H10N2S. The van der Waals surface area contributed by atoms with Gasteiger partial charge >= 0.3 is 0 Å². The van der Waals surface area contributed by atoms with Gasteiger partial charge in [0.1, 0.15) is 0 Å². The molecule has 0 saturated carbocycles. The van der Waals surface area contributed by atoms with Gasteiger partial charge in [0.2, 0.25) is 0 Å². The molecule has 1 aliphatic heterocycles. The number of rotatable bonds is 0. The van der Waals surface area contributed by atoms with Crippen molar-refractivity contribution in [1.82, 2.24) is 0 Å². The maximum Gasteiger partial charge on any atom is 0.0747 e. The fourth-order valence-corrected chi connectivity index (χ4v) is 2.47. The minimum absolute atomic E-state index is 0.0821. The van der Waals surface area contributed by atoms with Gasteiger partial charge in [-0.05, 0) is 0 Å². The van der Waals surface area contributed by atoms with Crippen LogP contribution in [0.5, 0.6) is 0 Å². The second kappa shape index (κ2) is 1.87. The first kappa shape index (κ1) is 6.46. The lowest BCUT2D eigenvalue weighted by Gasteiger charge is -2.49. The second-order valence-electron chi connectivity index (χ2n) is 2.72. The monoisotopic (exact) mass is 154 g/mol. The van der Waals surface area contributed by atoms with Gasteiger partial charge in [-0.15, -0.1) is 11.8 Å². The Morgan fingerprint density at radius 3 is 2.70 bits per heavy atom. The number of allylic oxidation sites excluding steroid dienone is 2. The number of thioether (sulfide) groups is 1. The largest absolute Gasteiger partial charge is 0.319 e. The molecule has 3 heteroatoms. The Kier molecular flexibility index (Phi) is 1.21. The molecule has 1 fully saturated rings. The fraction of sp³-hybridized carbons (Fsp3) is 0.429. The highest BCUT2D eigenvalue weighted by atomic mass is 32.2. The van der Waals surface area contributed by atoms with Crippen LogP contribution in [-0.4, -0.2) is 16.2 Å². The second-order valence-corrected chi connectivity index (χ2v) is 4.01. The molecular weight excluding hydrogens is 144 g/mol. The first-order chi connectivity index (χ1) is 4.73. The molecule has 0 aromatic carbocycles. The zero-order chi connectivity index (χ0) is 7.19. The Balaban J connectivity index is 2.27. The summed E-state index contributed by atoms with van der Waals surface area (Å²) in [6.07, 6.45) is 8.09. The van der Waals surface area contributed by atoms with Crippen molar-refractivity contribution in [3.8, 4) is 0 Å². The summed E-state index contributed by atoms with van der Waals surface area (Å²) in [6, 6.07) is 0. The molecule has 0 aromatic rings. The first-order valence-electron chi connectivity index (χ1n) is 3.29. The van der Waals surface area contributed by atoms with Crippen LogP contribution >= 0.6 is 11.8 Å². The minimum Gasteiger partial charge on any atom is -0.319 e. The Morgan fingerprint density at radius 2 is 2.20 bits per heavy atom. The molecule has 0 amide bonds. The van der Waals surface area contributed by atoms with Crippen molar-refractivity contribution in [2.75, 3.05) is 0 Å². The van der Waals surface area contributed by atoms with Gasteiger partial charge in [0.15, 0.2) is 0 Å². The van der Waals surface area contributed by atoms with Crippen LogP contribution in [0.2, 0.25) is 0 Å². The van der Waals surface area contributed by atoms with Crippen molar-refractivity contribution >= 4 is 11.8 Å². The van der Waals surface area contributed by atoms with E-state index in [-0.39, 0.29) is 10.9 Å². The molecule has 2 unspecified atom stereocenters. The van der Waals surface area contributed by atoms with E-state index < -0.39 is 0 Å². The van der Waals surface area contributed by atoms with Crippen LogP contribution in [0.3, 0.4) is 0 Å². The van der Waals surface area contributed by atoms with Crippen molar-refractivity contribution in [3.05, 3.63) is 24.3 Å². The summed E-state index contributed by atoms with van der Waals surface area (Å²) in [5.41, 5.74) is 11.4. The normalized spacial score (nSPS) is 50.2. The lowest BCUT2D eigenvalue weighted by molar-refractivity contribution is 0.482. The Hall–Kier alpha value is -0.250. The van der Waals surface area contributed by atoms with Gasteiger partial charge in [-0.2, -0.15) is 0 Å². The van der Waals surface area contributed by atoms with Gasteiger partial charge in [-0.25, -0.2) is 0 Å². The standard InChI is InChI=1S/C7H10N2S/c8-6-7(9)4-2-1-3-5(7)10-6/h1-6H,8-9H2/t5?,6-,7?/m1/s1. The maximum atomic E-state index is 5.97. The molecule has 0 aromatic heterocycles. The Morgan fingerprint density at radius 1 is 1.40 bits per heavy atom. The number of hydrogen-bond donors (Lipinski definition) is 2. The lowest BCUT2D eigenvalue weighted by Crippen LogP contribution is -2.67. The molecule has 3 atom stereocenters. The highest BCUT2D eigenvalue weighted by molar-refractivity contribution is 8.02. The van der Waals surface area contributed by atoms with Gasteiger partial charge in [-0.3, -0.25) is 0 Å². The van der Waals surface area contributed by atoms with E-state index in [4.69, 9.17) is 11.5 Å². The van der Waals surface area contributed by atoms with Crippen molar-refractivity contribution in [2.45, 2.75) is 16.2 Å². The predicted octanol–water partition coefficient (Wildman–Crippen LogP) is 0.210. The van der Waals surface area contributed by atoms with Crippen LogP contribution in [-0.2, 0) is 0 Å². The van der Waals surface area contributed by atoms with E-state index in [1.54, 1.807) is 11.8 Å². The SMILES string of the molecule is N[C@@H]1SC2C=CC=CC21N. The molecule has 0 radical (unpaired) electrons. The molecule has 10 heavy (non-hydrogen) atoms. The Bertz CT molecular complexity index is 212. The quantitative estimate of drug-likeness (QED) is 0.524. The summed E-state index contributed by atoms with van der Waals surface area (Å²) in [5.74, 6) is 0. The van der Waals surface area contributed by atoms with Gasteiger partial charge in [0, 0.05) is 5.25 Å². The smallest absolute Gasteiger partial charge is 0.0747 e. The van der Waals surface area contributed by atoms with Crippen molar-refractivity contribution in [3.63, 3.8) is 0 Å². The average Bonchev–Trinajstić information content (AvgIpc) is 1.93. The highest BCUT2D eigenvalue weighted by Gasteiger charge is 2.49. The topological polar surface area (TPSA) is 52.0 Å². The molecule has 0 spiro atoms. The van der Waals surface area contributed by atoms with E-state index >= 15 is 0 Å². The van der Waals surface area contributed by atoms with E-state index in [2.05, 4.69) is 6.08 Å². The average molecular weight is 154 g/mol. The molecule has 54 valence electrons. The van der Waals surface area contributed by atoms with Crippen molar-refractivity contribution < 1.29 is 0 Å². The molecule has 1 saturated heterocycles. The van der Waals surface area contributed by atoms with Crippen LogP contribution in [0.15, 0.2) is 24.3 Å². The zero-order valence-electron chi connectivity index (χ0n) is 5.53. The summed E-state index contributed by atoms with van der Waals surface area (Å²) >= 11 is 1.73. The van der Waals surface area contributed by atoms with Crippen LogP contribution in [0.25, 0.3) is 0 Å². The third-order valence-electron chi connectivity index (χ3n) is 2.06. The summed E-state index contributed by atoms with van der Waals surface area (Å²) in [6.45, 7) is 0. The highest BCUT2D eigenvalue weighted by Crippen LogP contribution is 2.44. The van der Waals surface area contributed by atoms with Crippen LogP contribution in [0.1, 0.15) is 0 Å². The number of nitrogens with two attached hydrogens (primary N) is 2. The summed E-state index contributed by atoms with van der Waals surface area (Å²) in [4.78, 5) is 0. The Labute approximate surface area is 64.3 Å². The minimum atomic E-state index is -0.251.